The zero-order valence-corrected chi connectivity index (χ0v) is 13.4. The molecular weight excluding hydrogens is 359 g/mol. The Balaban J connectivity index is 2.27. The van der Waals surface area contributed by atoms with Gasteiger partial charge < -0.3 is 10.1 Å². The van der Waals surface area contributed by atoms with Gasteiger partial charge in [0, 0.05) is 10.0 Å². The van der Waals surface area contributed by atoms with Gasteiger partial charge in [-0.25, -0.2) is 4.98 Å². The smallest absolute Gasteiger partial charge is 0.387 e. The van der Waals surface area contributed by atoms with E-state index < -0.39 is 6.61 Å². The van der Waals surface area contributed by atoms with Gasteiger partial charge in [0.1, 0.15) is 0 Å². The lowest BCUT2D eigenvalue weighted by Gasteiger charge is -2.18. The van der Waals surface area contributed by atoms with E-state index in [1.54, 1.807) is 25.1 Å². The number of rotatable bonds is 5. The van der Waals surface area contributed by atoms with Crippen LogP contribution in [0.3, 0.4) is 0 Å². The van der Waals surface area contributed by atoms with Crippen LogP contribution in [0, 0.1) is 0 Å². The van der Waals surface area contributed by atoms with Gasteiger partial charge in [0.05, 0.1) is 12.2 Å². The van der Waals surface area contributed by atoms with Gasteiger partial charge in [0.25, 0.3) is 0 Å². The van der Waals surface area contributed by atoms with E-state index in [2.05, 4.69) is 20.0 Å². The van der Waals surface area contributed by atoms with Crippen LogP contribution in [0.1, 0.15) is 18.5 Å². The molecule has 9 heteroatoms. The molecule has 0 amide bonds. The minimum atomic E-state index is -3.00. The summed E-state index contributed by atoms with van der Waals surface area (Å²) >= 11 is 17.6. The summed E-state index contributed by atoms with van der Waals surface area (Å²) in [5.41, 5.74) is 0.712. The van der Waals surface area contributed by atoms with Crippen LogP contribution >= 0.6 is 34.8 Å². The first kappa shape index (κ1) is 17.0. The Hall–Kier alpha value is -1.37. The maximum atomic E-state index is 12.4. The van der Waals surface area contributed by atoms with Crippen LogP contribution in [0.2, 0.25) is 15.3 Å². The number of hydrogen-bond donors (Lipinski definition) is 1. The Morgan fingerprint density at radius 1 is 1.23 bits per heavy atom. The third-order valence-corrected chi connectivity index (χ3v) is 3.47. The number of aromatic nitrogens is 2. The molecule has 22 heavy (non-hydrogen) atoms. The molecule has 0 fully saturated rings. The van der Waals surface area contributed by atoms with Crippen LogP contribution in [0.5, 0.6) is 5.75 Å². The molecule has 0 bridgehead atoms. The van der Waals surface area contributed by atoms with Crippen molar-refractivity contribution in [2.75, 3.05) is 5.32 Å². The van der Waals surface area contributed by atoms with Crippen LogP contribution in [0.4, 0.5) is 14.6 Å². The van der Waals surface area contributed by atoms with Gasteiger partial charge in [-0.05, 0) is 36.2 Å². The van der Waals surface area contributed by atoms with Gasteiger partial charge in [0.2, 0.25) is 5.28 Å². The van der Waals surface area contributed by atoms with Gasteiger partial charge in [-0.2, -0.15) is 13.8 Å². The van der Waals surface area contributed by atoms with E-state index in [4.69, 9.17) is 34.8 Å². The predicted molar refractivity (Wildman–Crippen MR) is 82.2 cm³/mol. The number of anilines is 1. The second kappa shape index (κ2) is 7.26. The molecule has 0 aliphatic carbocycles. The Labute approximate surface area is 140 Å². The normalized spacial score (nSPS) is 12.3. The Morgan fingerprint density at radius 3 is 2.59 bits per heavy atom. The monoisotopic (exact) mass is 367 g/mol. The van der Waals surface area contributed by atoms with Gasteiger partial charge in [0.15, 0.2) is 11.6 Å². The second-order valence-electron chi connectivity index (χ2n) is 4.26. The highest BCUT2D eigenvalue weighted by molar-refractivity contribution is 6.35. The van der Waals surface area contributed by atoms with E-state index in [1.807, 2.05) is 0 Å². The average Bonchev–Trinajstić information content (AvgIpc) is 2.41. The Kier molecular flexibility index (Phi) is 5.61. The highest BCUT2D eigenvalue weighted by atomic mass is 35.5. The van der Waals surface area contributed by atoms with Crippen LogP contribution in [0.25, 0.3) is 0 Å². The zero-order chi connectivity index (χ0) is 16.3. The molecule has 0 spiro atoms. The van der Waals surface area contributed by atoms with Crippen molar-refractivity contribution >= 4 is 40.6 Å². The van der Waals surface area contributed by atoms with Crippen molar-refractivity contribution in [3.8, 4) is 5.75 Å². The van der Waals surface area contributed by atoms with Crippen LogP contribution in [-0.2, 0) is 0 Å². The number of ether oxygens (including phenoxy) is 1. The molecule has 2 rings (SSSR count). The molecule has 118 valence electrons. The fraction of sp³-hybridized carbons (Fsp3) is 0.231. The molecule has 0 saturated heterocycles. The van der Waals surface area contributed by atoms with Gasteiger partial charge in [-0.15, -0.1) is 0 Å². The van der Waals surface area contributed by atoms with E-state index in [-0.39, 0.29) is 22.9 Å². The lowest BCUT2D eigenvalue weighted by atomic mass is 10.1. The van der Waals surface area contributed by atoms with Crippen LogP contribution in [-0.4, -0.2) is 16.6 Å². The van der Waals surface area contributed by atoms with E-state index in [0.29, 0.717) is 15.6 Å². The maximum Gasteiger partial charge on any atom is 0.387 e. The molecule has 0 radical (unpaired) electrons. The highest BCUT2D eigenvalue weighted by Gasteiger charge is 2.17. The Morgan fingerprint density at radius 2 is 1.95 bits per heavy atom. The first-order valence-corrected chi connectivity index (χ1v) is 7.19. The standard InChI is InChI=1S/C13H10Cl3F2N3O/c1-6(8-3-2-7(14)4-9(8)15)20-11-10(22-13(17)18)5-19-12(16)21-11/h2-6,13H,1H3,(H,19,20,21). The van der Waals surface area contributed by atoms with E-state index in [1.165, 1.54) is 0 Å². The predicted octanol–water partition coefficient (Wildman–Crippen LogP) is 5.21. The molecule has 0 saturated carbocycles. The summed E-state index contributed by atoms with van der Waals surface area (Å²) in [6.07, 6.45) is 1.07. The van der Waals surface area contributed by atoms with E-state index >= 15 is 0 Å². The number of alkyl halides is 2. The molecule has 4 nitrogen and oxygen atoms in total. The van der Waals surface area contributed by atoms with Crippen LogP contribution in [0.15, 0.2) is 24.4 Å². The average molecular weight is 369 g/mol. The first-order chi connectivity index (χ1) is 10.4. The van der Waals surface area contributed by atoms with Crippen molar-refractivity contribution in [3.05, 3.63) is 45.3 Å². The molecule has 2 aromatic rings. The summed E-state index contributed by atoms with van der Waals surface area (Å²) in [7, 11) is 0. The SMILES string of the molecule is CC(Nc1nc(Cl)ncc1OC(F)F)c1ccc(Cl)cc1Cl. The lowest BCUT2D eigenvalue weighted by molar-refractivity contribution is -0.0498. The van der Waals surface area contributed by atoms with Crippen molar-refractivity contribution in [3.63, 3.8) is 0 Å². The van der Waals surface area contributed by atoms with E-state index in [0.717, 1.165) is 6.20 Å². The fourth-order valence-electron chi connectivity index (χ4n) is 1.77. The van der Waals surface area contributed by atoms with Gasteiger partial charge in [-0.3, -0.25) is 0 Å². The maximum absolute atomic E-state index is 12.4. The molecule has 1 aromatic heterocycles. The number of halogens is 5. The highest BCUT2D eigenvalue weighted by Crippen LogP contribution is 2.31. The second-order valence-corrected chi connectivity index (χ2v) is 5.44. The van der Waals surface area contributed by atoms with Gasteiger partial charge >= 0.3 is 6.61 Å². The minimum absolute atomic E-state index is 0.0406. The lowest BCUT2D eigenvalue weighted by Crippen LogP contribution is -2.12. The van der Waals surface area contributed by atoms with Crippen molar-refractivity contribution in [2.24, 2.45) is 0 Å². The van der Waals surface area contributed by atoms with Crippen molar-refractivity contribution in [1.29, 1.82) is 0 Å². The molecule has 1 unspecified atom stereocenters. The summed E-state index contributed by atoms with van der Waals surface area (Å²) in [6.45, 7) is -1.23. The Bertz CT molecular complexity index is 673. The van der Waals surface area contributed by atoms with Crippen LogP contribution < -0.4 is 10.1 Å². The molecular formula is C13H10Cl3F2N3O. The third kappa shape index (κ3) is 4.32. The first-order valence-electron chi connectivity index (χ1n) is 6.05. The largest absolute Gasteiger partial charge is 0.429 e. The minimum Gasteiger partial charge on any atom is -0.429 e. The molecule has 1 aromatic carbocycles. The summed E-state index contributed by atoms with van der Waals surface area (Å²) in [6, 6.07) is 4.62. The summed E-state index contributed by atoms with van der Waals surface area (Å²) in [5, 5.41) is 3.74. The zero-order valence-electron chi connectivity index (χ0n) is 11.2. The fourth-order valence-corrected chi connectivity index (χ4v) is 2.48. The topological polar surface area (TPSA) is 47.0 Å². The molecule has 0 aliphatic heterocycles. The van der Waals surface area contributed by atoms with Gasteiger partial charge in [-0.1, -0.05) is 29.3 Å². The third-order valence-electron chi connectivity index (χ3n) is 2.72. The number of nitrogens with zero attached hydrogens (tertiary/aromatic N) is 2. The quantitative estimate of drug-likeness (QED) is 0.736. The number of benzene rings is 1. The van der Waals surface area contributed by atoms with Crippen molar-refractivity contribution in [1.82, 2.24) is 9.97 Å². The van der Waals surface area contributed by atoms with Crippen molar-refractivity contribution in [2.45, 2.75) is 19.6 Å². The molecule has 1 atom stereocenters. The summed E-state index contributed by atoms with van der Waals surface area (Å²) < 4.78 is 29.1. The summed E-state index contributed by atoms with van der Waals surface area (Å²) in [4.78, 5) is 7.47. The number of hydrogen-bond acceptors (Lipinski definition) is 4. The molecule has 1 N–H and O–H groups in total. The van der Waals surface area contributed by atoms with Crippen molar-refractivity contribution < 1.29 is 13.5 Å². The number of nitrogens with one attached hydrogen (secondary N) is 1. The molecule has 0 aliphatic rings. The van der Waals surface area contributed by atoms with E-state index in [9.17, 15) is 8.78 Å². The molecule has 1 heterocycles. The summed E-state index contributed by atoms with van der Waals surface area (Å²) in [5.74, 6) is -0.171.